The number of anilines is 1. The molecule has 1 aromatic rings. The van der Waals surface area contributed by atoms with Crippen LogP contribution in [-0.2, 0) is 4.79 Å². The van der Waals surface area contributed by atoms with Crippen molar-refractivity contribution in [2.75, 3.05) is 5.73 Å². The largest absolute Gasteiger partial charge is 0.545 e. The van der Waals surface area contributed by atoms with Crippen molar-refractivity contribution in [3.63, 3.8) is 0 Å². The molecule has 0 aliphatic carbocycles. The maximum Gasteiger partial charge on any atom is 0.269 e. The van der Waals surface area contributed by atoms with Gasteiger partial charge in [-0.15, -0.1) is 0 Å². The van der Waals surface area contributed by atoms with E-state index in [1.807, 2.05) is 12.1 Å². The Hall–Kier alpha value is -0.710. The third-order valence-electron chi connectivity index (χ3n) is 0.965. The highest BCUT2D eigenvalue weighted by molar-refractivity contribution is 6.75. The predicted molar refractivity (Wildman–Crippen MR) is 52.7 cm³/mol. The minimum absolute atomic E-state index is 0.697. The number of rotatable bonds is 0. The Kier molecular flexibility index (Phi) is 5.60. The van der Waals surface area contributed by atoms with Crippen molar-refractivity contribution in [1.82, 2.24) is 0 Å². The van der Waals surface area contributed by atoms with E-state index < -0.39 is 9.76 Å². The van der Waals surface area contributed by atoms with Gasteiger partial charge in [-0.2, -0.15) is 0 Å². The van der Waals surface area contributed by atoms with Gasteiger partial charge in [-0.1, -0.05) is 40.9 Å². The molecule has 0 aliphatic heterocycles. The van der Waals surface area contributed by atoms with Crippen molar-refractivity contribution < 1.29 is 14.9 Å². The number of nitrogens with one attached hydrogen (secondary N) is 1. The monoisotopic (exact) mass is 256 g/mol. The maximum atomic E-state index is 9.51. The highest BCUT2D eigenvalue weighted by atomic mass is 35.6. The number of nitrogen functional groups attached to an aromatic ring is 1. The molecule has 0 aromatic carbocycles. The number of carboxylic acids is 1. The van der Waals surface area contributed by atoms with Crippen LogP contribution in [0.3, 0.4) is 0 Å². The Labute approximate surface area is 95.6 Å². The Balaban J connectivity index is 0.000000241. The number of nitrogens with two attached hydrogens (primary N) is 1. The topological polar surface area (TPSA) is 80.3 Å². The van der Waals surface area contributed by atoms with Crippen molar-refractivity contribution in [3.8, 4) is 0 Å². The standard InChI is InChI=1S/C5H6N2.C2HCl3O2/c6-5-3-1-2-4-7-5;3-2(4,5)1(6)7/h1-4H,(H2,6,7);(H,6,7). The summed E-state index contributed by atoms with van der Waals surface area (Å²) in [6.45, 7) is 0. The number of aliphatic carboxylic acids is 1. The van der Waals surface area contributed by atoms with E-state index in [9.17, 15) is 9.90 Å². The van der Waals surface area contributed by atoms with E-state index in [0.29, 0.717) is 5.82 Å². The second kappa shape index (κ2) is 5.90. The van der Waals surface area contributed by atoms with Crippen LogP contribution >= 0.6 is 34.8 Å². The van der Waals surface area contributed by atoms with E-state index in [-0.39, 0.29) is 0 Å². The molecule has 0 saturated carbocycles. The third-order valence-corrected chi connectivity index (χ3v) is 1.43. The zero-order valence-electron chi connectivity index (χ0n) is 6.84. The van der Waals surface area contributed by atoms with Crippen LogP contribution < -0.4 is 15.8 Å². The van der Waals surface area contributed by atoms with Crippen LogP contribution in [0.25, 0.3) is 0 Å². The van der Waals surface area contributed by atoms with E-state index in [2.05, 4.69) is 4.98 Å². The first-order valence-corrected chi connectivity index (χ1v) is 4.48. The normalized spacial score (nSPS) is 9.93. The number of H-pyrrole nitrogens is 1. The summed E-state index contributed by atoms with van der Waals surface area (Å²) in [4.78, 5) is 12.3. The number of carboxylic acid groups (broad SMARTS) is 1. The first-order chi connectivity index (χ1) is 6.34. The van der Waals surface area contributed by atoms with Crippen LogP contribution in [0.5, 0.6) is 0 Å². The summed E-state index contributed by atoms with van der Waals surface area (Å²) in [5, 5.41) is 9.51. The highest BCUT2D eigenvalue weighted by Crippen LogP contribution is 2.24. The molecule has 14 heavy (non-hydrogen) atoms. The van der Waals surface area contributed by atoms with Crippen LogP contribution in [0.15, 0.2) is 24.4 Å². The van der Waals surface area contributed by atoms with Crippen LogP contribution in [0, 0.1) is 0 Å². The number of hydrogen-bond acceptors (Lipinski definition) is 3. The van der Waals surface area contributed by atoms with Crippen molar-refractivity contribution in [1.29, 1.82) is 0 Å². The zero-order valence-corrected chi connectivity index (χ0v) is 9.10. The van der Waals surface area contributed by atoms with Gasteiger partial charge < -0.3 is 9.90 Å². The summed E-state index contributed by atoms with van der Waals surface area (Å²) in [7, 11) is 0. The molecule has 0 radical (unpaired) electrons. The average Bonchev–Trinajstić information content (AvgIpc) is 2.04. The number of alkyl halides is 3. The summed E-state index contributed by atoms with van der Waals surface area (Å²) < 4.78 is -2.28. The summed E-state index contributed by atoms with van der Waals surface area (Å²) in [5.41, 5.74) is 5.30. The van der Waals surface area contributed by atoms with Gasteiger partial charge in [-0.3, -0.25) is 5.73 Å². The smallest absolute Gasteiger partial charge is 0.269 e. The molecule has 0 amide bonds. The van der Waals surface area contributed by atoms with Gasteiger partial charge in [0.15, 0.2) is 0 Å². The number of aromatic amines is 1. The first kappa shape index (κ1) is 13.3. The molecule has 0 unspecified atom stereocenters. The van der Waals surface area contributed by atoms with Gasteiger partial charge in [-0.05, 0) is 6.07 Å². The fraction of sp³-hybridized carbons (Fsp3) is 0.143. The number of carbonyl (C=O) groups excluding carboxylic acids is 1. The van der Waals surface area contributed by atoms with Gasteiger partial charge >= 0.3 is 0 Å². The molecule has 0 spiro atoms. The van der Waals surface area contributed by atoms with E-state index in [1.165, 1.54) is 0 Å². The van der Waals surface area contributed by atoms with Crippen LogP contribution in [0.2, 0.25) is 0 Å². The van der Waals surface area contributed by atoms with Gasteiger partial charge in [0.2, 0.25) is 3.79 Å². The molecule has 0 saturated heterocycles. The van der Waals surface area contributed by atoms with Gasteiger partial charge in [0.1, 0.15) is 0 Å². The summed E-state index contributed by atoms with van der Waals surface area (Å²) in [6.07, 6.45) is 1.79. The van der Waals surface area contributed by atoms with Crippen molar-refractivity contribution in [2.24, 2.45) is 0 Å². The SMILES string of the molecule is Nc1cccc[nH+]1.O=C([O-])C(Cl)(Cl)Cl. The molecule has 0 aliphatic rings. The Bertz CT molecular complexity index is 287. The van der Waals surface area contributed by atoms with E-state index >= 15 is 0 Å². The lowest BCUT2D eigenvalue weighted by atomic mass is 10.5. The molecule has 4 nitrogen and oxygen atoms in total. The lowest BCUT2D eigenvalue weighted by Gasteiger charge is -2.09. The lowest BCUT2D eigenvalue weighted by Crippen LogP contribution is -2.35. The molecule has 0 bridgehead atoms. The number of hydrogen-bond donors (Lipinski definition) is 1. The number of pyridine rings is 1. The molecule has 1 rings (SSSR count). The molecular formula is C7H7Cl3N2O2. The van der Waals surface area contributed by atoms with Crippen molar-refractivity contribution in [2.45, 2.75) is 3.79 Å². The number of halogens is 3. The van der Waals surface area contributed by atoms with Crippen molar-refractivity contribution >= 4 is 46.6 Å². The second-order valence-corrected chi connectivity index (χ2v) is 4.38. The number of carbonyl (C=O) groups is 1. The average molecular weight is 258 g/mol. The lowest BCUT2D eigenvalue weighted by molar-refractivity contribution is -0.360. The molecule has 78 valence electrons. The van der Waals surface area contributed by atoms with Crippen molar-refractivity contribution in [3.05, 3.63) is 24.4 Å². The maximum absolute atomic E-state index is 9.51. The van der Waals surface area contributed by atoms with Gasteiger partial charge in [0.25, 0.3) is 5.82 Å². The van der Waals surface area contributed by atoms with Crippen LogP contribution in [0.4, 0.5) is 5.82 Å². The van der Waals surface area contributed by atoms with E-state index in [1.54, 1.807) is 12.3 Å². The minimum atomic E-state index is -2.28. The van der Waals surface area contributed by atoms with Gasteiger partial charge in [0, 0.05) is 6.07 Å². The molecule has 1 heterocycles. The third kappa shape index (κ3) is 6.77. The molecule has 3 N–H and O–H groups in total. The molecule has 0 atom stereocenters. The Morgan fingerprint density at radius 1 is 1.43 bits per heavy atom. The quantitative estimate of drug-likeness (QED) is 0.674. The number of aromatic nitrogens is 1. The van der Waals surface area contributed by atoms with Crippen LogP contribution in [-0.4, -0.2) is 9.76 Å². The Morgan fingerprint density at radius 2 is 1.93 bits per heavy atom. The van der Waals surface area contributed by atoms with Gasteiger partial charge in [0.05, 0.1) is 12.2 Å². The van der Waals surface area contributed by atoms with E-state index in [4.69, 9.17) is 40.5 Å². The molecular weight excluding hydrogens is 250 g/mol. The molecule has 1 aromatic heterocycles. The minimum Gasteiger partial charge on any atom is -0.545 e. The fourth-order valence-electron chi connectivity index (χ4n) is 0.407. The summed E-state index contributed by atoms with van der Waals surface area (Å²) >= 11 is 14.2. The first-order valence-electron chi connectivity index (χ1n) is 3.34. The molecule has 0 fully saturated rings. The van der Waals surface area contributed by atoms with E-state index in [0.717, 1.165) is 0 Å². The Morgan fingerprint density at radius 3 is 2.07 bits per heavy atom. The summed E-state index contributed by atoms with van der Waals surface area (Å²) in [5.74, 6) is -1.01. The fourth-order valence-corrected chi connectivity index (χ4v) is 0.407. The van der Waals surface area contributed by atoms with Gasteiger partial charge in [-0.25, -0.2) is 4.98 Å². The predicted octanol–water partition coefficient (Wildman–Crippen LogP) is 0.189. The highest BCUT2D eigenvalue weighted by Gasteiger charge is 2.20. The molecule has 7 heteroatoms. The second-order valence-electron chi connectivity index (χ2n) is 2.10. The summed E-state index contributed by atoms with van der Waals surface area (Å²) in [6, 6.07) is 5.57. The van der Waals surface area contributed by atoms with Crippen LogP contribution in [0.1, 0.15) is 0 Å². The zero-order chi connectivity index (χ0) is 11.2.